The Bertz CT molecular complexity index is 1370. The Balaban J connectivity index is 1.64. The van der Waals surface area contributed by atoms with Gasteiger partial charge in [-0.05, 0) is 48.0 Å². The minimum atomic E-state index is -3.90. The molecule has 0 aliphatic carbocycles. The predicted octanol–water partition coefficient (Wildman–Crippen LogP) is 5.48. The van der Waals surface area contributed by atoms with Crippen molar-refractivity contribution < 1.29 is 12.8 Å². The van der Waals surface area contributed by atoms with Gasteiger partial charge in [0.2, 0.25) is 10.0 Å². The van der Waals surface area contributed by atoms with E-state index in [1.807, 2.05) is 30.3 Å². The molecule has 1 N–H and O–H groups in total. The zero-order valence-electron chi connectivity index (χ0n) is 17.0. The van der Waals surface area contributed by atoms with Gasteiger partial charge in [0.15, 0.2) is 11.0 Å². The van der Waals surface area contributed by atoms with Crippen LogP contribution in [0, 0.1) is 5.82 Å². The molecule has 0 atom stereocenters. The molecular formula is C22H17Cl2FN4O2S2. The summed E-state index contributed by atoms with van der Waals surface area (Å²) >= 11 is 13.9. The summed E-state index contributed by atoms with van der Waals surface area (Å²) in [5.74, 6) is 0.442. The molecule has 0 fully saturated rings. The van der Waals surface area contributed by atoms with Gasteiger partial charge in [0.1, 0.15) is 5.82 Å². The van der Waals surface area contributed by atoms with Crippen molar-refractivity contribution >= 4 is 45.0 Å². The fourth-order valence-corrected chi connectivity index (χ4v) is 5.38. The SMILES string of the molecule is O=S(=O)(NCc1nnc(SCc2ccccc2)n1-c1ccc(Cl)cc1Cl)c1ccc(F)cc1. The van der Waals surface area contributed by atoms with Crippen molar-refractivity contribution in [3.63, 3.8) is 0 Å². The number of rotatable bonds is 8. The van der Waals surface area contributed by atoms with Crippen LogP contribution in [0.5, 0.6) is 0 Å². The van der Waals surface area contributed by atoms with Crippen molar-refractivity contribution in [1.82, 2.24) is 19.5 Å². The number of nitrogens with zero attached hydrogens (tertiary/aromatic N) is 3. The van der Waals surface area contributed by atoms with Crippen molar-refractivity contribution in [1.29, 1.82) is 0 Å². The highest BCUT2D eigenvalue weighted by Gasteiger charge is 2.20. The van der Waals surface area contributed by atoms with Gasteiger partial charge in [0, 0.05) is 10.8 Å². The van der Waals surface area contributed by atoms with Gasteiger partial charge in [-0.15, -0.1) is 10.2 Å². The summed E-state index contributed by atoms with van der Waals surface area (Å²) in [6.07, 6.45) is 0. The van der Waals surface area contributed by atoms with Crippen molar-refractivity contribution in [2.24, 2.45) is 0 Å². The number of benzene rings is 3. The molecule has 33 heavy (non-hydrogen) atoms. The van der Waals surface area contributed by atoms with Gasteiger partial charge in [0.25, 0.3) is 0 Å². The molecule has 0 saturated carbocycles. The normalized spacial score (nSPS) is 11.6. The Morgan fingerprint density at radius 1 is 0.970 bits per heavy atom. The number of sulfonamides is 1. The molecule has 11 heteroatoms. The van der Waals surface area contributed by atoms with Gasteiger partial charge >= 0.3 is 0 Å². The Labute approximate surface area is 204 Å². The van der Waals surface area contributed by atoms with Crippen LogP contribution < -0.4 is 4.72 Å². The highest BCUT2D eigenvalue weighted by molar-refractivity contribution is 7.98. The van der Waals surface area contributed by atoms with E-state index >= 15 is 0 Å². The molecule has 1 aromatic heterocycles. The number of aromatic nitrogens is 3. The first-order chi connectivity index (χ1) is 15.8. The monoisotopic (exact) mass is 522 g/mol. The molecule has 1 heterocycles. The third-order valence-corrected chi connectivity index (χ3v) is 7.56. The quantitative estimate of drug-likeness (QED) is 0.310. The van der Waals surface area contributed by atoms with Crippen molar-refractivity contribution in [2.45, 2.75) is 22.3 Å². The lowest BCUT2D eigenvalue weighted by Crippen LogP contribution is -2.25. The van der Waals surface area contributed by atoms with Crippen LogP contribution in [0.2, 0.25) is 10.0 Å². The molecule has 0 radical (unpaired) electrons. The van der Waals surface area contributed by atoms with Gasteiger partial charge < -0.3 is 0 Å². The van der Waals surface area contributed by atoms with E-state index in [9.17, 15) is 12.8 Å². The smallest absolute Gasteiger partial charge is 0.240 e. The van der Waals surface area contributed by atoms with Crippen LogP contribution in [0.1, 0.15) is 11.4 Å². The van der Waals surface area contributed by atoms with Crippen LogP contribution in [-0.2, 0) is 22.3 Å². The topological polar surface area (TPSA) is 76.9 Å². The maximum absolute atomic E-state index is 13.2. The fourth-order valence-electron chi connectivity index (χ4n) is 2.99. The minimum Gasteiger partial charge on any atom is -0.271 e. The van der Waals surface area contributed by atoms with Gasteiger partial charge in [-0.3, -0.25) is 4.57 Å². The molecule has 0 aliphatic rings. The number of nitrogens with one attached hydrogen (secondary N) is 1. The zero-order valence-corrected chi connectivity index (χ0v) is 20.1. The van der Waals surface area contributed by atoms with E-state index in [1.54, 1.807) is 22.8 Å². The molecule has 4 rings (SSSR count). The Morgan fingerprint density at radius 2 is 1.70 bits per heavy atom. The molecule has 0 unspecified atom stereocenters. The highest BCUT2D eigenvalue weighted by Crippen LogP contribution is 2.30. The zero-order chi connectivity index (χ0) is 23.4. The van der Waals surface area contributed by atoms with Crippen LogP contribution in [0.25, 0.3) is 5.69 Å². The summed E-state index contributed by atoms with van der Waals surface area (Å²) in [6, 6.07) is 19.4. The second-order valence-corrected chi connectivity index (χ2v) is 10.4. The van der Waals surface area contributed by atoms with E-state index in [1.165, 1.54) is 23.9 Å². The second kappa shape index (κ2) is 10.2. The maximum Gasteiger partial charge on any atom is 0.240 e. The lowest BCUT2D eigenvalue weighted by molar-refractivity contribution is 0.577. The van der Waals surface area contributed by atoms with Crippen LogP contribution in [-0.4, -0.2) is 23.2 Å². The van der Waals surface area contributed by atoms with Crippen LogP contribution in [0.15, 0.2) is 82.8 Å². The van der Waals surface area contributed by atoms with E-state index in [0.29, 0.717) is 32.5 Å². The summed E-state index contributed by atoms with van der Waals surface area (Å²) in [6.45, 7) is -0.155. The van der Waals surface area contributed by atoms with Crippen molar-refractivity contribution in [3.8, 4) is 5.69 Å². The lowest BCUT2D eigenvalue weighted by atomic mass is 10.2. The first-order valence-corrected chi connectivity index (χ1v) is 12.9. The molecule has 4 aromatic rings. The van der Waals surface area contributed by atoms with Crippen LogP contribution in [0.4, 0.5) is 4.39 Å². The first kappa shape index (κ1) is 23.7. The van der Waals surface area contributed by atoms with E-state index in [4.69, 9.17) is 23.2 Å². The molecule has 0 spiro atoms. The van der Waals surface area contributed by atoms with Gasteiger partial charge in [-0.1, -0.05) is 65.3 Å². The average Bonchev–Trinajstić information content (AvgIpc) is 3.20. The standard InChI is InChI=1S/C22H17Cl2FN4O2S2/c23-16-6-11-20(19(24)12-16)29-21(13-26-33(30,31)18-9-7-17(25)8-10-18)27-28-22(29)32-14-15-4-2-1-3-5-15/h1-12,26H,13-14H2. The summed E-state index contributed by atoms with van der Waals surface area (Å²) in [7, 11) is -3.90. The number of halogens is 3. The summed E-state index contributed by atoms with van der Waals surface area (Å²) in [5, 5.41) is 9.82. The lowest BCUT2D eigenvalue weighted by Gasteiger charge is -2.13. The van der Waals surface area contributed by atoms with E-state index < -0.39 is 15.8 Å². The molecule has 0 aliphatic heterocycles. The predicted molar refractivity (Wildman–Crippen MR) is 128 cm³/mol. The summed E-state index contributed by atoms with van der Waals surface area (Å²) in [4.78, 5) is -0.0573. The molecule has 0 bridgehead atoms. The fraction of sp³-hybridized carbons (Fsp3) is 0.0909. The largest absolute Gasteiger partial charge is 0.271 e. The number of hydrogen-bond acceptors (Lipinski definition) is 5. The Morgan fingerprint density at radius 3 is 2.39 bits per heavy atom. The highest BCUT2D eigenvalue weighted by atomic mass is 35.5. The molecule has 170 valence electrons. The summed E-state index contributed by atoms with van der Waals surface area (Å²) < 4.78 is 42.7. The molecule has 3 aromatic carbocycles. The van der Waals surface area contributed by atoms with Gasteiger partial charge in [-0.25, -0.2) is 17.5 Å². The average molecular weight is 523 g/mol. The molecular weight excluding hydrogens is 506 g/mol. The van der Waals surface area contributed by atoms with Crippen molar-refractivity contribution in [2.75, 3.05) is 0 Å². The van der Waals surface area contributed by atoms with E-state index in [0.717, 1.165) is 17.7 Å². The van der Waals surface area contributed by atoms with E-state index in [-0.39, 0.29) is 11.4 Å². The third-order valence-electron chi connectivity index (χ3n) is 4.61. The van der Waals surface area contributed by atoms with E-state index in [2.05, 4.69) is 14.9 Å². The maximum atomic E-state index is 13.2. The molecule has 0 saturated heterocycles. The van der Waals surface area contributed by atoms with Gasteiger partial charge in [0.05, 0.1) is 22.2 Å². The second-order valence-electron chi connectivity index (χ2n) is 6.88. The minimum absolute atomic E-state index is 0.0573. The third kappa shape index (κ3) is 5.74. The summed E-state index contributed by atoms with van der Waals surface area (Å²) in [5.41, 5.74) is 1.66. The Kier molecular flexibility index (Phi) is 7.35. The van der Waals surface area contributed by atoms with Crippen LogP contribution in [0.3, 0.4) is 0 Å². The van der Waals surface area contributed by atoms with Crippen LogP contribution >= 0.6 is 35.0 Å². The van der Waals surface area contributed by atoms with Crippen molar-refractivity contribution in [3.05, 3.63) is 100 Å². The number of hydrogen-bond donors (Lipinski definition) is 1. The first-order valence-electron chi connectivity index (χ1n) is 9.65. The van der Waals surface area contributed by atoms with Gasteiger partial charge in [-0.2, -0.15) is 0 Å². The molecule has 6 nitrogen and oxygen atoms in total. The number of thioether (sulfide) groups is 1. The Hall–Kier alpha value is -2.43. The molecule has 0 amide bonds.